The lowest BCUT2D eigenvalue weighted by atomic mass is 10.0. The van der Waals surface area contributed by atoms with Crippen molar-refractivity contribution < 1.29 is 28.6 Å². The van der Waals surface area contributed by atoms with Gasteiger partial charge in [0.25, 0.3) is 0 Å². The molecule has 0 aliphatic carbocycles. The van der Waals surface area contributed by atoms with Crippen LogP contribution >= 0.6 is 0 Å². The molecule has 1 atom stereocenters. The van der Waals surface area contributed by atoms with Gasteiger partial charge in [0.15, 0.2) is 6.10 Å². The fourth-order valence-corrected chi connectivity index (χ4v) is 9.38. The third-order valence-electron chi connectivity index (χ3n) is 14.1. The number of hydrogen-bond donors (Lipinski definition) is 0. The first-order valence-electron chi connectivity index (χ1n) is 31.6. The molecule has 1 unspecified atom stereocenters. The predicted molar refractivity (Wildman–Crippen MR) is 312 cm³/mol. The molecule has 72 heavy (non-hydrogen) atoms. The standard InChI is InChI=1S/C66H120O6/c1-4-7-10-13-16-19-21-23-25-27-29-31-32-33-35-36-38-40-42-44-47-50-53-56-59-65(68)71-62-63(61-70-64(67)58-55-52-49-46-18-15-12-9-6-3)72-66(69)60-57-54-51-48-45-43-41-39-37-34-30-28-26-24-22-20-17-14-11-8-5-2/h8,11,17,20,24,26,30,34,63H,4-7,9-10,12-16,18-19,21-23,25,27-29,31-33,35-62H2,1-3H3/b11-8-,20-17-,26-24-,34-30-. The lowest BCUT2D eigenvalue weighted by Gasteiger charge is -2.18. The Kier molecular flexibility index (Phi) is 58.7. The average molecular weight is 1010 g/mol. The highest BCUT2D eigenvalue weighted by Crippen LogP contribution is 2.18. The number of allylic oxidation sites excluding steroid dienone is 8. The smallest absolute Gasteiger partial charge is 0.306 e. The molecule has 0 aromatic heterocycles. The van der Waals surface area contributed by atoms with Gasteiger partial charge in [-0.15, -0.1) is 0 Å². The molecule has 0 aromatic rings. The fraction of sp³-hybridized carbons (Fsp3) is 0.833. The largest absolute Gasteiger partial charge is 0.462 e. The molecule has 0 saturated carbocycles. The second kappa shape index (κ2) is 60.9. The van der Waals surface area contributed by atoms with Crippen LogP contribution in [0.15, 0.2) is 48.6 Å². The minimum absolute atomic E-state index is 0.0719. The number of unbranched alkanes of at least 4 members (excludes halogenated alkanes) is 39. The van der Waals surface area contributed by atoms with Gasteiger partial charge in [0.1, 0.15) is 13.2 Å². The number of hydrogen-bond acceptors (Lipinski definition) is 6. The summed E-state index contributed by atoms with van der Waals surface area (Å²) in [6.45, 7) is 6.55. The number of carbonyl (C=O) groups excluding carboxylic acids is 3. The number of esters is 3. The Hall–Kier alpha value is -2.63. The first-order valence-corrected chi connectivity index (χ1v) is 31.6. The van der Waals surface area contributed by atoms with Gasteiger partial charge >= 0.3 is 17.9 Å². The van der Waals surface area contributed by atoms with Crippen LogP contribution in [-0.2, 0) is 28.6 Å². The van der Waals surface area contributed by atoms with Crippen molar-refractivity contribution in [2.75, 3.05) is 13.2 Å². The van der Waals surface area contributed by atoms with Gasteiger partial charge in [-0.25, -0.2) is 0 Å². The van der Waals surface area contributed by atoms with Crippen molar-refractivity contribution in [3.63, 3.8) is 0 Å². The summed E-state index contributed by atoms with van der Waals surface area (Å²) in [7, 11) is 0. The van der Waals surface area contributed by atoms with E-state index in [1.807, 2.05) is 0 Å². The van der Waals surface area contributed by atoms with Gasteiger partial charge in [0.2, 0.25) is 0 Å². The summed E-state index contributed by atoms with van der Waals surface area (Å²) in [5.41, 5.74) is 0. The van der Waals surface area contributed by atoms with E-state index < -0.39 is 6.10 Å². The Morgan fingerprint density at radius 2 is 0.542 bits per heavy atom. The van der Waals surface area contributed by atoms with Crippen LogP contribution < -0.4 is 0 Å². The second-order valence-electron chi connectivity index (χ2n) is 21.3. The number of carbonyl (C=O) groups is 3. The molecule has 0 radical (unpaired) electrons. The van der Waals surface area contributed by atoms with Crippen molar-refractivity contribution in [2.24, 2.45) is 0 Å². The summed E-state index contributed by atoms with van der Waals surface area (Å²) in [6.07, 6.45) is 75.6. The molecule has 0 aliphatic rings. The molecule has 0 rings (SSSR count). The van der Waals surface area contributed by atoms with Crippen LogP contribution in [0, 0.1) is 0 Å². The molecular weight excluding hydrogens is 889 g/mol. The van der Waals surface area contributed by atoms with Crippen molar-refractivity contribution >= 4 is 17.9 Å². The maximum Gasteiger partial charge on any atom is 0.306 e. The van der Waals surface area contributed by atoms with Crippen molar-refractivity contribution in [1.82, 2.24) is 0 Å². The van der Waals surface area contributed by atoms with E-state index in [9.17, 15) is 14.4 Å². The Morgan fingerprint density at radius 3 is 0.847 bits per heavy atom. The minimum atomic E-state index is -0.774. The molecule has 420 valence electrons. The molecule has 0 spiro atoms. The van der Waals surface area contributed by atoms with E-state index in [-0.39, 0.29) is 31.1 Å². The second-order valence-corrected chi connectivity index (χ2v) is 21.3. The van der Waals surface area contributed by atoms with Crippen LogP contribution in [0.5, 0.6) is 0 Å². The van der Waals surface area contributed by atoms with Gasteiger partial charge in [-0.1, -0.05) is 307 Å². The molecule has 6 nitrogen and oxygen atoms in total. The van der Waals surface area contributed by atoms with Gasteiger partial charge in [-0.3, -0.25) is 14.4 Å². The van der Waals surface area contributed by atoms with E-state index in [0.717, 1.165) is 89.9 Å². The van der Waals surface area contributed by atoms with Crippen molar-refractivity contribution in [1.29, 1.82) is 0 Å². The zero-order valence-electron chi connectivity index (χ0n) is 48.2. The number of rotatable bonds is 58. The number of ether oxygens (including phenoxy) is 3. The highest BCUT2D eigenvalue weighted by atomic mass is 16.6. The van der Waals surface area contributed by atoms with Crippen LogP contribution in [0.3, 0.4) is 0 Å². The SMILES string of the molecule is CC/C=C\C/C=C\C/C=C\C/C=C\CCCCCCCCCCC(=O)OC(COC(=O)CCCCCCCCCCC)COC(=O)CCCCCCCCCCCCCCCCCCCCCCCCCC. The Balaban J connectivity index is 4.18. The van der Waals surface area contributed by atoms with Gasteiger partial charge in [0.05, 0.1) is 0 Å². The van der Waals surface area contributed by atoms with E-state index in [1.54, 1.807) is 0 Å². The first-order chi connectivity index (χ1) is 35.5. The van der Waals surface area contributed by atoms with Crippen molar-refractivity contribution in [2.45, 2.75) is 341 Å². The predicted octanol–water partition coefficient (Wildman–Crippen LogP) is 21.4. The molecule has 0 saturated heterocycles. The maximum atomic E-state index is 12.9. The lowest BCUT2D eigenvalue weighted by Crippen LogP contribution is -2.30. The van der Waals surface area contributed by atoms with Crippen LogP contribution in [0.4, 0.5) is 0 Å². The molecule has 0 aromatic carbocycles. The van der Waals surface area contributed by atoms with E-state index >= 15 is 0 Å². The molecular formula is C66H120O6. The van der Waals surface area contributed by atoms with Gasteiger partial charge in [-0.05, 0) is 57.8 Å². The van der Waals surface area contributed by atoms with E-state index in [1.165, 1.54) is 205 Å². The molecule has 0 heterocycles. The third kappa shape index (κ3) is 58.3. The van der Waals surface area contributed by atoms with Gasteiger partial charge < -0.3 is 14.2 Å². The quantitative estimate of drug-likeness (QED) is 0.0261. The van der Waals surface area contributed by atoms with Crippen LogP contribution in [-0.4, -0.2) is 37.2 Å². The van der Waals surface area contributed by atoms with Crippen LogP contribution in [0.2, 0.25) is 0 Å². The molecule has 0 amide bonds. The highest BCUT2D eigenvalue weighted by Gasteiger charge is 2.19. The van der Waals surface area contributed by atoms with E-state index in [4.69, 9.17) is 14.2 Å². The summed E-state index contributed by atoms with van der Waals surface area (Å²) in [6, 6.07) is 0. The fourth-order valence-electron chi connectivity index (χ4n) is 9.38. The van der Waals surface area contributed by atoms with Crippen molar-refractivity contribution in [3.8, 4) is 0 Å². The van der Waals surface area contributed by atoms with E-state index in [0.29, 0.717) is 19.3 Å². The highest BCUT2D eigenvalue weighted by molar-refractivity contribution is 5.71. The maximum absolute atomic E-state index is 12.9. The zero-order valence-corrected chi connectivity index (χ0v) is 48.2. The zero-order chi connectivity index (χ0) is 52.2. The van der Waals surface area contributed by atoms with E-state index in [2.05, 4.69) is 69.4 Å². The topological polar surface area (TPSA) is 78.9 Å². The summed E-state index contributed by atoms with van der Waals surface area (Å²) in [5.74, 6) is -0.863. The molecule has 6 heteroatoms. The Bertz CT molecular complexity index is 1250. The normalized spacial score (nSPS) is 12.3. The minimum Gasteiger partial charge on any atom is -0.462 e. The van der Waals surface area contributed by atoms with Gasteiger partial charge in [-0.2, -0.15) is 0 Å². The van der Waals surface area contributed by atoms with Crippen LogP contribution in [0.1, 0.15) is 335 Å². The Labute approximate surface area is 448 Å². The summed E-state index contributed by atoms with van der Waals surface area (Å²) in [4.78, 5) is 38.2. The summed E-state index contributed by atoms with van der Waals surface area (Å²) < 4.78 is 16.9. The molecule has 0 fully saturated rings. The third-order valence-corrected chi connectivity index (χ3v) is 14.1. The monoisotopic (exact) mass is 1010 g/mol. The lowest BCUT2D eigenvalue weighted by molar-refractivity contribution is -0.167. The van der Waals surface area contributed by atoms with Crippen LogP contribution in [0.25, 0.3) is 0 Å². The molecule has 0 bridgehead atoms. The average Bonchev–Trinajstić information content (AvgIpc) is 3.38. The summed E-state index contributed by atoms with van der Waals surface area (Å²) >= 11 is 0. The summed E-state index contributed by atoms with van der Waals surface area (Å²) in [5, 5.41) is 0. The molecule has 0 aliphatic heterocycles. The molecule has 0 N–H and O–H groups in total. The first kappa shape index (κ1) is 69.4. The van der Waals surface area contributed by atoms with Crippen molar-refractivity contribution in [3.05, 3.63) is 48.6 Å². The van der Waals surface area contributed by atoms with Gasteiger partial charge in [0, 0.05) is 19.3 Å². The Morgan fingerprint density at radius 1 is 0.292 bits per heavy atom.